The summed E-state index contributed by atoms with van der Waals surface area (Å²) in [5, 5.41) is 3.97. The lowest BCUT2D eigenvalue weighted by Gasteiger charge is -2.39. The molecule has 0 fully saturated rings. The summed E-state index contributed by atoms with van der Waals surface area (Å²) in [6.07, 6.45) is 0.167. The van der Waals surface area contributed by atoms with Crippen molar-refractivity contribution in [3.8, 4) is 11.5 Å². The monoisotopic (exact) mass is 480 g/mol. The maximum absolute atomic E-state index is 14.2. The summed E-state index contributed by atoms with van der Waals surface area (Å²) in [7, 11) is 3.09. The van der Waals surface area contributed by atoms with Gasteiger partial charge < -0.3 is 19.5 Å². The molecule has 0 spiro atoms. The molecule has 2 amide bonds. The van der Waals surface area contributed by atoms with Gasteiger partial charge in [-0.3, -0.25) is 9.69 Å². The standard InChI is InChI=1S/C27H29FN2O5/c1-5-35-27(32)30-16(2)12-17(21-13-24(33-3)25(34-4)14-23(21)30)15-29-26(31)20-10-11-22(28)19-9-7-6-8-18(19)20/h6-11,13-14,16-17H,5,12,15H2,1-4H3,(H,29,31). The molecule has 3 aromatic carbocycles. The van der Waals surface area contributed by atoms with Crippen LogP contribution in [0.1, 0.15) is 42.1 Å². The number of fused-ring (bicyclic) bond motifs is 2. The van der Waals surface area contributed by atoms with Crippen molar-refractivity contribution in [1.29, 1.82) is 0 Å². The number of amides is 2. The molecule has 0 aromatic heterocycles. The predicted octanol–water partition coefficient (Wildman–Crippen LogP) is 5.26. The van der Waals surface area contributed by atoms with Gasteiger partial charge in [0.2, 0.25) is 0 Å². The third kappa shape index (κ3) is 4.60. The van der Waals surface area contributed by atoms with Gasteiger partial charge in [-0.15, -0.1) is 0 Å². The van der Waals surface area contributed by atoms with Crippen LogP contribution >= 0.6 is 0 Å². The van der Waals surface area contributed by atoms with Gasteiger partial charge in [0.15, 0.2) is 11.5 Å². The number of nitrogens with zero attached hydrogens (tertiary/aromatic N) is 1. The van der Waals surface area contributed by atoms with Crippen LogP contribution in [-0.4, -0.2) is 45.4 Å². The molecule has 7 nitrogen and oxygen atoms in total. The van der Waals surface area contributed by atoms with Crippen molar-refractivity contribution in [1.82, 2.24) is 5.32 Å². The maximum Gasteiger partial charge on any atom is 0.414 e. The number of carbonyl (C=O) groups is 2. The van der Waals surface area contributed by atoms with E-state index in [1.165, 1.54) is 19.2 Å². The Balaban J connectivity index is 1.66. The van der Waals surface area contributed by atoms with Crippen molar-refractivity contribution < 1.29 is 28.2 Å². The van der Waals surface area contributed by atoms with Crippen LogP contribution in [0.3, 0.4) is 0 Å². The van der Waals surface area contributed by atoms with Gasteiger partial charge in [0.25, 0.3) is 5.91 Å². The summed E-state index contributed by atoms with van der Waals surface area (Å²) in [6.45, 7) is 4.29. The Bertz CT molecular complexity index is 1260. The number of halogens is 1. The number of ether oxygens (including phenoxy) is 3. The van der Waals surface area contributed by atoms with Crippen LogP contribution in [0.4, 0.5) is 14.9 Å². The van der Waals surface area contributed by atoms with E-state index in [2.05, 4.69) is 5.32 Å². The maximum atomic E-state index is 14.2. The van der Waals surface area contributed by atoms with E-state index in [1.54, 1.807) is 49.3 Å². The Kier molecular flexibility index (Phi) is 7.10. The molecule has 1 aliphatic heterocycles. The number of carbonyl (C=O) groups excluding carboxylic acids is 2. The summed E-state index contributed by atoms with van der Waals surface area (Å²) in [5.41, 5.74) is 1.91. The molecule has 1 aliphatic rings. The molecule has 35 heavy (non-hydrogen) atoms. The van der Waals surface area contributed by atoms with Gasteiger partial charge in [-0.25, -0.2) is 9.18 Å². The molecular weight excluding hydrogens is 451 g/mol. The highest BCUT2D eigenvalue weighted by Crippen LogP contribution is 2.44. The molecule has 2 unspecified atom stereocenters. The van der Waals surface area contributed by atoms with Crippen LogP contribution in [0.15, 0.2) is 48.5 Å². The van der Waals surface area contributed by atoms with Crippen molar-refractivity contribution in [3.63, 3.8) is 0 Å². The van der Waals surface area contributed by atoms with E-state index in [-0.39, 0.29) is 30.3 Å². The van der Waals surface area contributed by atoms with Crippen molar-refractivity contribution in [2.45, 2.75) is 32.2 Å². The second kappa shape index (κ2) is 10.2. The van der Waals surface area contributed by atoms with Gasteiger partial charge in [0.1, 0.15) is 5.82 Å². The fourth-order valence-corrected chi connectivity index (χ4v) is 4.74. The van der Waals surface area contributed by atoms with E-state index in [0.717, 1.165) is 5.56 Å². The van der Waals surface area contributed by atoms with Crippen LogP contribution in [0.2, 0.25) is 0 Å². The normalized spacial score (nSPS) is 17.0. The predicted molar refractivity (Wildman–Crippen MR) is 132 cm³/mol. The summed E-state index contributed by atoms with van der Waals surface area (Å²) in [6, 6.07) is 13.2. The Hall–Kier alpha value is -3.81. The first-order valence-electron chi connectivity index (χ1n) is 11.6. The van der Waals surface area contributed by atoms with Gasteiger partial charge >= 0.3 is 6.09 Å². The number of benzene rings is 3. The summed E-state index contributed by atoms with van der Waals surface area (Å²) in [5.74, 6) is 0.276. The number of anilines is 1. The van der Waals surface area contributed by atoms with Crippen LogP contribution in [0.25, 0.3) is 10.8 Å². The zero-order valence-electron chi connectivity index (χ0n) is 20.3. The third-order valence-electron chi connectivity index (χ3n) is 6.39. The number of hydrogen-bond donors (Lipinski definition) is 1. The molecule has 2 atom stereocenters. The minimum absolute atomic E-state index is 0.0962. The van der Waals surface area contributed by atoms with Crippen molar-refractivity contribution in [3.05, 3.63) is 65.5 Å². The summed E-state index contributed by atoms with van der Waals surface area (Å²) in [4.78, 5) is 27.5. The molecule has 0 saturated heterocycles. The molecule has 0 saturated carbocycles. The van der Waals surface area contributed by atoms with Crippen LogP contribution < -0.4 is 19.7 Å². The minimum atomic E-state index is -0.436. The van der Waals surface area contributed by atoms with Gasteiger partial charge in [-0.1, -0.05) is 24.3 Å². The second-order valence-corrected chi connectivity index (χ2v) is 8.47. The highest BCUT2D eigenvalue weighted by molar-refractivity contribution is 6.07. The smallest absolute Gasteiger partial charge is 0.414 e. The highest BCUT2D eigenvalue weighted by Gasteiger charge is 2.36. The van der Waals surface area contributed by atoms with E-state index in [4.69, 9.17) is 14.2 Å². The molecule has 0 radical (unpaired) electrons. The molecular formula is C27H29FN2O5. The molecule has 0 aliphatic carbocycles. The lowest BCUT2D eigenvalue weighted by molar-refractivity contribution is 0.0951. The fourth-order valence-electron chi connectivity index (χ4n) is 4.74. The second-order valence-electron chi connectivity index (χ2n) is 8.47. The number of methoxy groups -OCH3 is 2. The SMILES string of the molecule is CCOC(=O)N1c2cc(OC)c(OC)cc2C(CNC(=O)c2ccc(F)c3ccccc23)CC1C. The lowest BCUT2D eigenvalue weighted by atomic mass is 9.85. The van der Waals surface area contributed by atoms with Crippen molar-refractivity contribution in [2.24, 2.45) is 0 Å². The molecule has 1 N–H and O–H groups in total. The Morgan fingerprint density at radius 2 is 1.74 bits per heavy atom. The highest BCUT2D eigenvalue weighted by atomic mass is 19.1. The Labute approximate surface area is 203 Å². The van der Waals surface area contributed by atoms with E-state index in [1.807, 2.05) is 13.0 Å². The molecule has 184 valence electrons. The summed E-state index contributed by atoms with van der Waals surface area (Å²) >= 11 is 0. The fraction of sp³-hybridized carbons (Fsp3) is 0.333. The van der Waals surface area contributed by atoms with E-state index < -0.39 is 6.09 Å². The molecule has 3 aromatic rings. The van der Waals surface area contributed by atoms with Gasteiger partial charge in [0.05, 0.1) is 26.5 Å². The first-order valence-corrected chi connectivity index (χ1v) is 11.6. The first kappa shape index (κ1) is 24.3. The number of nitrogens with one attached hydrogen (secondary N) is 1. The van der Waals surface area contributed by atoms with Crippen LogP contribution in [-0.2, 0) is 4.74 Å². The first-order chi connectivity index (χ1) is 16.9. The quantitative estimate of drug-likeness (QED) is 0.521. The van der Waals surface area contributed by atoms with E-state index >= 15 is 0 Å². The van der Waals surface area contributed by atoms with E-state index in [9.17, 15) is 14.0 Å². The van der Waals surface area contributed by atoms with Gasteiger partial charge in [0, 0.05) is 35.5 Å². The lowest BCUT2D eigenvalue weighted by Crippen LogP contribution is -2.45. The molecule has 4 rings (SSSR count). The largest absolute Gasteiger partial charge is 0.493 e. The number of rotatable bonds is 6. The van der Waals surface area contributed by atoms with Crippen molar-refractivity contribution >= 4 is 28.5 Å². The van der Waals surface area contributed by atoms with E-state index in [0.29, 0.717) is 46.5 Å². The Morgan fingerprint density at radius 1 is 1.06 bits per heavy atom. The number of hydrogen-bond acceptors (Lipinski definition) is 5. The Morgan fingerprint density at radius 3 is 2.43 bits per heavy atom. The van der Waals surface area contributed by atoms with Gasteiger partial charge in [-0.2, -0.15) is 0 Å². The molecule has 0 bridgehead atoms. The minimum Gasteiger partial charge on any atom is -0.493 e. The average Bonchev–Trinajstić information content (AvgIpc) is 2.86. The van der Waals surface area contributed by atoms with Gasteiger partial charge in [-0.05, 0) is 49.4 Å². The topological polar surface area (TPSA) is 77.1 Å². The third-order valence-corrected chi connectivity index (χ3v) is 6.39. The summed E-state index contributed by atoms with van der Waals surface area (Å²) < 4.78 is 30.5. The molecule has 8 heteroatoms. The average molecular weight is 481 g/mol. The molecule has 1 heterocycles. The van der Waals surface area contributed by atoms with Crippen LogP contribution in [0.5, 0.6) is 11.5 Å². The van der Waals surface area contributed by atoms with Crippen molar-refractivity contribution in [2.75, 3.05) is 32.3 Å². The zero-order chi connectivity index (χ0) is 25.1. The van der Waals surface area contributed by atoms with Crippen LogP contribution in [0, 0.1) is 5.82 Å². The zero-order valence-corrected chi connectivity index (χ0v) is 20.3.